The third kappa shape index (κ3) is 6.09. The molecular weight excluding hydrogens is 555 g/mol. The number of ether oxygens (including phenoxy) is 2. The normalized spacial score (nSPS) is 12.4. The second-order valence-corrected chi connectivity index (χ2v) is 10.3. The van der Waals surface area contributed by atoms with Gasteiger partial charge in [0.15, 0.2) is 10.9 Å². The van der Waals surface area contributed by atoms with E-state index in [0.717, 1.165) is 28.7 Å². The molecule has 206 valence electrons. The van der Waals surface area contributed by atoms with Crippen LogP contribution in [0.3, 0.4) is 0 Å². The number of thioether (sulfide) groups is 1. The standard InChI is InChI=1S/C26H24F3N3O5S2/c1-4-36-23(34)18-13(3)20(24(35)37-5-2)39-22(18)30-17(33)12-38-25-31-19-15-9-7-6-8-14(15)10-11-16(19)21(32-25)26(27,28)29/h6-9H,4-5,10-12H2,1-3H3,(H,30,33). The van der Waals surface area contributed by atoms with Crippen molar-refractivity contribution >= 4 is 45.9 Å². The number of hydrogen-bond acceptors (Lipinski definition) is 9. The predicted octanol–water partition coefficient (Wildman–Crippen LogP) is 5.72. The van der Waals surface area contributed by atoms with Gasteiger partial charge in [0.25, 0.3) is 0 Å². The summed E-state index contributed by atoms with van der Waals surface area (Å²) in [4.78, 5) is 46.0. The van der Waals surface area contributed by atoms with Crippen molar-refractivity contribution in [3.8, 4) is 11.3 Å². The number of benzene rings is 1. The summed E-state index contributed by atoms with van der Waals surface area (Å²) in [5.41, 5.74) is 1.05. The lowest BCUT2D eigenvalue weighted by atomic mass is 9.88. The predicted molar refractivity (Wildman–Crippen MR) is 140 cm³/mol. The lowest BCUT2D eigenvalue weighted by molar-refractivity contribution is -0.142. The molecule has 0 saturated heterocycles. The topological polar surface area (TPSA) is 107 Å². The van der Waals surface area contributed by atoms with Gasteiger partial charge in [-0.3, -0.25) is 4.79 Å². The molecule has 0 atom stereocenters. The number of thiophene rings is 1. The number of carbonyl (C=O) groups is 3. The molecule has 1 N–H and O–H groups in total. The first-order valence-electron chi connectivity index (χ1n) is 12.0. The first kappa shape index (κ1) is 28.6. The molecule has 0 unspecified atom stereocenters. The molecule has 2 heterocycles. The van der Waals surface area contributed by atoms with Crippen molar-refractivity contribution in [3.63, 3.8) is 0 Å². The van der Waals surface area contributed by atoms with Gasteiger partial charge in [-0.2, -0.15) is 13.2 Å². The summed E-state index contributed by atoms with van der Waals surface area (Å²) >= 11 is 1.60. The van der Waals surface area contributed by atoms with E-state index in [2.05, 4.69) is 15.3 Å². The van der Waals surface area contributed by atoms with Crippen LogP contribution in [0.1, 0.15) is 56.3 Å². The van der Waals surface area contributed by atoms with Crippen molar-refractivity contribution < 1.29 is 37.0 Å². The number of amides is 1. The third-order valence-corrected chi connectivity index (χ3v) is 7.88. The van der Waals surface area contributed by atoms with Crippen molar-refractivity contribution in [2.45, 2.75) is 44.9 Å². The van der Waals surface area contributed by atoms with Gasteiger partial charge in [-0.1, -0.05) is 36.0 Å². The molecule has 2 aromatic heterocycles. The SMILES string of the molecule is CCOC(=O)c1sc(NC(=O)CSc2nc3c(c(C(F)(F)F)n2)CCc2ccccc2-3)c(C(=O)OCC)c1C. The van der Waals surface area contributed by atoms with Crippen LogP contribution in [0.15, 0.2) is 29.4 Å². The number of nitrogens with one attached hydrogen (secondary N) is 1. The van der Waals surface area contributed by atoms with Crippen LogP contribution in [0.25, 0.3) is 11.3 Å². The van der Waals surface area contributed by atoms with Crippen LogP contribution >= 0.6 is 23.1 Å². The van der Waals surface area contributed by atoms with Crippen LogP contribution in [0, 0.1) is 6.92 Å². The highest BCUT2D eigenvalue weighted by Crippen LogP contribution is 2.40. The van der Waals surface area contributed by atoms with Gasteiger partial charge in [0.2, 0.25) is 5.91 Å². The summed E-state index contributed by atoms with van der Waals surface area (Å²) in [6.07, 6.45) is -4.09. The average Bonchev–Trinajstić information content (AvgIpc) is 3.22. The molecule has 39 heavy (non-hydrogen) atoms. The molecule has 4 rings (SSSR count). The van der Waals surface area contributed by atoms with Crippen LogP contribution in [-0.4, -0.2) is 46.8 Å². The molecule has 0 radical (unpaired) electrons. The maximum absolute atomic E-state index is 13.9. The number of aryl methyl sites for hydroxylation is 1. The minimum Gasteiger partial charge on any atom is -0.462 e. The Hall–Kier alpha value is -3.45. The molecule has 0 aliphatic heterocycles. The molecule has 0 fully saturated rings. The summed E-state index contributed by atoms with van der Waals surface area (Å²) in [6, 6.07) is 7.12. The number of esters is 2. The largest absolute Gasteiger partial charge is 0.462 e. The van der Waals surface area contributed by atoms with Crippen LogP contribution in [-0.2, 0) is 33.3 Å². The second-order valence-electron chi connectivity index (χ2n) is 8.37. The van der Waals surface area contributed by atoms with Gasteiger partial charge in [0.1, 0.15) is 9.88 Å². The number of aromatic nitrogens is 2. The van der Waals surface area contributed by atoms with E-state index >= 15 is 0 Å². The molecule has 0 bridgehead atoms. The zero-order chi connectivity index (χ0) is 28.3. The maximum atomic E-state index is 13.9. The highest BCUT2D eigenvalue weighted by Gasteiger charge is 2.39. The number of carbonyl (C=O) groups excluding carboxylic acids is 3. The van der Waals surface area contributed by atoms with Crippen LogP contribution in [0.2, 0.25) is 0 Å². The number of nitrogens with zero attached hydrogens (tertiary/aromatic N) is 2. The van der Waals surface area contributed by atoms with Crippen molar-refractivity contribution in [1.29, 1.82) is 0 Å². The first-order chi connectivity index (χ1) is 18.5. The Balaban J connectivity index is 1.60. The Morgan fingerprint density at radius 1 is 1.05 bits per heavy atom. The molecule has 0 spiro atoms. The van der Waals surface area contributed by atoms with Gasteiger partial charge in [-0.05, 0) is 44.7 Å². The average molecular weight is 580 g/mol. The van der Waals surface area contributed by atoms with Crippen LogP contribution in [0.4, 0.5) is 18.2 Å². The van der Waals surface area contributed by atoms with Gasteiger partial charge >= 0.3 is 18.1 Å². The van der Waals surface area contributed by atoms with Crippen molar-refractivity contribution in [2.24, 2.45) is 0 Å². The van der Waals surface area contributed by atoms with Gasteiger partial charge in [-0.15, -0.1) is 11.3 Å². The maximum Gasteiger partial charge on any atom is 0.433 e. The van der Waals surface area contributed by atoms with Gasteiger partial charge < -0.3 is 14.8 Å². The number of alkyl halides is 3. The quantitative estimate of drug-likeness (QED) is 0.205. The molecule has 1 aliphatic carbocycles. The highest BCUT2D eigenvalue weighted by molar-refractivity contribution is 7.99. The van der Waals surface area contributed by atoms with Crippen molar-refractivity contribution in [2.75, 3.05) is 24.3 Å². The summed E-state index contributed by atoms with van der Waals surface area (Å²) in [6.45, 7) is 4.99. The van der Waals surface area contributed by atoms with E-state index in [1.807, 2.05) is 12.1 Å². The summed E-state index contributed by atoms with van der Waals surface area (Å²) in [7, 11) is 0. The van der Waals surface area contributed by atoms with E-state index in [9.17, 15) is 27.6 Å². The lowest BCUT2D eigenvalue weighted by Crippen LogP contribution is -2.19. The molecule has 13 heteroatoms. The molecule has 1 amide bonds. The molecule has 1 aliphatic rings. The van der Waals surface area contributed by atoms with E-state index in [4.69, 9.17) is 9.47 Å². The van der Waals surface area contributed by atoms with Gasteiger partial charge in [0.05, 0.1) is 30.2 Å². The minimum absolute atomic E-state index is 0.0178. The van der Waals surface area contributed by atoms with Crippen LogP contribution < -0.4 is 5.32 Å². The fourth-order valence-corrected chi connectivity index (χ4v) is 5.93. The van der Waals surface area contributed by atoms with Gasteiger partial charge in [0, 0.05) is 11.1 Å². The summed E-state index contributed by atoms with van der Waals surface area (Å²) in [5.74, 6) is -2.34. The van der Waals surface area contributed by atoms with Gasteiger partial charge in [-0.25, -0.2) is 19.6 Å². The Morgan fingerprint density at radius 3 is 2.44 bits per heavy atom. The summed E-state index contributed by atoms with van der Waals surface area (Å²) in [5, 5.41) is 2.45. The fraction of sp³-hybridized carbons (Fsp3) is 0.346. The van der Waals surface area contributed by atoms with Crippen LogP contribution in [0.5, 0.6) is 0 Å². The minimum atomic E-state index is -4.69. The van der Waals surface area contributed by atoms with E-state index in [1.54, 1.807) is 26.0 Å². The molecule has 8 nitrogen and oxygen atoms in total. The zero-order valence-electron chi connectivity index (χ0n) is 21.2. The number of rotatable bonds is 8. The third-order valence-electron chi connectivity index (χ3n) is 5.84. The van der Waals surface area contributed by atoms with Crippen molar-refractivity contribution in [3.05, 3.63) is 57.1 Å². The van der Waals surface area contributed by atoms with E-state index in [0.29, 0.717) is 17.5 Å². The summed E-state index contributed by atoms with van der Waals surface area (Å²) < 4.78 is 51.8. The van der Waals surface area contributed by atoms with Crippen molar-refractivity contribution in [1.82, 2.24) is 9.97 Å². The first-order valence-corrected chi connectivity index (χ1v) is 13.8. The Morgan fingerprint density at radius 2 is 1.74 bits per heavy atom. The molecule has 3 aromatic rings. The Kier molecular flexibility index (Phi) is 8.60. The fourth-order valence-electron chi connectivity index (χ4n) is 4.19. The number of fused-ring (bicyclic) bond motifs is 3. The molecule has 0 saturated carbocycles. The number of anilines is 1. The second kappa shape index (κ2) is 11.7. The number of hydrogen-bond donors (Lipinski definition) is 1. The number of halogens is 3. The lowest BCUT2D eigenvalue weighted by Gasteiger charge is -2.22. The smallest absolute Gasteiger partial charge is 0.433 e. The Bertz CT molecular complexity index is 1440. The Labute approximate surface area is 230 Å². The highest BCUT2D eigenvalue weighted by atomic mass is 32.2. The zero-order valence-corrected chi connectivity index (χ0v) is 22.9. The monoisotopic (exact) mass is 579 g/mol. The molecule has 1 aromatic carbocycles. The van der Waals surface area contributed by atoms with E-state index in [1.165, 1.54) is 6.92 Å². The molecular formula is C26H24F3N3O5S2. The van der Waals surface area contributed by atoms with E-state index < -0.39 is 29.7 Å². The van der Waals surface area contributed by atoms with E-state index in [-0.39, 0.29) is 57.2 Å².